The lowest BCUT2D eigenvalue weighted by Gasteiger charge is -2.09. The standard InChI is InChI=1S/C14H7F4NS/c15-12-5-2-6-13(11(12)8-19)20-10-4-1-3-9(7-10)14(16,17)18/h1-7H. The first-order valence-corrected chi connectivity index (χ1v) is 6.27. The van der Waals surface area contributed by atoms with Gasteiger partial charge in [-0.25, -0.2) is 4.39 Å². The number of alkyl halides is 3. The van der Waals surface area contributed by atoms with Crippen molar-refractivity contribution in [2.75, 3.05) is 0 Å². The second-order valence-corrected chi connectivity index (χ2v) is 4.97. The zero-order valence-electron chi connectivity index (χ0n) is 9.91. The summed E-state index contributed by atoms with van der Waals surface area (Å²) in [4.78, 5) is 0.578. The quantitative estimate of drug-likeness (QED) is 0.739. The van der Waals surface area contributed by atoms with Crippen LogP contribution in [0.1, 0.15) is 11.1 Å². The average Bonchev–Trinajstić information content (AvgIpc) is 2.38. The van der Waals surface area contributed by atoms with Crippen molar-refractivity contribution in [3.63, 3.8) is 0 Å². The molecule has 0 aromatic heterocycles. The fourth-order valence-electron chi connectivity index (χ4n) is 1.56. The van der Waals surface area contributed by atoms with E-state index >= 15 is 0 Å². The Balaban J connectivity index is 2.37. The van der Waals surface area contributed by atoms with Gasteiger partial charge in [0.1, 0.15) is 17.4 Å². The third-order valence-corrected chi connectivity index (χ3v) is 3.53. The van der Waals surface area contributed by atoms with Crippen molar-refractivity contribution >= 4 is 11.8 Å². The van der Waals surface area contributed by atoms with Gasteiger partial charge >= 0.3 is 6.18 Å². The van der Waals surface area contributed by atoms with E-state index in [0.29, 0.717) is 4.90 Å². The maximum atomic E-state index is 13.4. The Kier molecular flexibility index (Phi) is 4.00. The third kappa shape index (κ3) is 3.11. The number of nitriles is 1. The largest absolute Gasteiger partial charge is 0.416 e. The van der Waals surface area contributed by atoms with Crippen molar-refractivity contribution in [3.05, 3.63) is 59.4 Å². The number of hydrogen-bond acceptors (Lipinski definition) is 2. The van der Waals surface area contributed by atoms with Crippen molar-refractivity contribution in [1.29, 1.82) is 5.26 Å². The Bertz CT molecular complexity index is 674. The minimum absolute atomic E-state index is 0.171. The Labute approximate surface area is 116 Å². The minimum atomic E-state index is -4.43. The molecule has 1 nitrogen and oxygen atoms in total. The molecule has 0 heterocycles. The topological polar surface area (TPSA) is 23.8 Å². The van der Waals surface area contributed by atoms with Crippen LogP contribution < -0.4 is 0 Å². The molecule has 2 aromatic carbocycles. The van der Waals surface area contributed by atoms with E-state index in [4.69, 9.17) is 5.26 Å². The van der Waals surface area contributed by atoms with Crippen molar-refractivity contribution in [2.24, 2.45) is 0 Å². The van der Waals surface area contributed by atoms with Crippen LogP contribution in [-0.2, 0) is 6.18 Å². The van der Waals surface area contributed by atoms with Crippen molar-refractivity contribution < 1.29 is 17.6 Å². The van der Waals surface area contributed by atoms with Gasteiger partial charge in [-0.1, -0.05) is 23.9 Å². The van der Waals surface area contributed by atoms with E-state index in [9.17, 15) is 17.6 Å². The van der Waals surface area contributed by atoms with Gasteiger partial charge in [-0.3, -0.25) is 0 Å². The highest BCUT2D eigenvalue weighted by Gasteiger charge is 2.30. The zero-order valence-corrected chi connectivity index (χ0v) is 10.7. The monoisotopic (exact) mass is 297 g/mol. The normalized spacial score (nSPS) is 11.2. The van der Waals surface area contributed by atoms with E-state index < -0.39 is 17.6 Å². The molecular weight excluding hydrogens is 290 g/mol. The molecule has 2 aromatic rings. The van der Waals surface area contributed by atoms with Crippen LogP contribution in [-0.4, -0.2) is 0 Å². The minimum Gasteiger partial charge on any atom is -0.206 e. The molecule has 0 atom stereocenters. The van der Waals surface area contributed by atoms with E-state index in [1.807, 2.05) is 0 Å². The van der Waals surface area contributed by atoms with E-state index in [1.54, 1.807) is 6.07 Å². The molecule has 102 valence electrons. The fourth-order valence-corrected chi connectivity index (χ4v) is 2.54. The second kappa shape index (κ2) is 5.55. The summed E-state index contributed by atoms with van der Waals surface area (Å²) in [5, 5.41) is 8.88. The van der Waals surface area contributed by atoms with Crippen LogP contribution in [0.15, 0.2) is 52.3 Å². The number of rotatable bonds is 2. The van der Waals surface area contributed by atoms with Gasteiger partial charge in [0.15, 0.2) is 0 Å². The van der Waals surface area contributed by atoms with Crippen LogP contribution in [0.3, 0.4) is 0 Å². The van der Waals surface area contributed by atoms with Gasteiger partial charge in [-0.2, -0.15) is 18.4 Å². The van der Waals surface area contributed by atoms with Gasteiger partial charge in [-0.05, 0) is 30.3 Å². The average molecular weight is 297 g/mol. The molecule has 0 unspecified atom stereocenters. The fraction of sp³-hybridized carbons (Fsp3) is 0.0714. The van der Waals surface area contributed by atoms with Crippen LogP contribution in [0, 0.1) is 17.1 Å². The summed E-state index contributed by atoms with van der Waals surface area (Å²) in [7, 11) is 0. The van der Waals surface area contributed by atoms with E-state index in [-0.39, 0.29) is 10.5 Å². The Morgan fingerprint density at radius 1 is 1.05 bits per heavy atom. The predicted molar refractivity (Wildman–Crippen MR) is 66.7 cm³/mol. The van der Waals surface area contributed by atoms with E-state index in [1.165, 1.54) is 24.3 Å². The number of halogens is 4. The van der Waals surface area contributed by atoms with Crippen molar-refractivity contribution in [1.82, 2.24) is 0 Å². The molecule has 0 aliphatic heterocycles. The number of benzene rings is 2. The summed E-state index contributed by atoms with van der Waals surface area (Å²) in [6.45, 7) is 0. The molecule has 0 spiro atoms. The summed E-state index contributed by atoms with van der Waals surface area (Å²) < 4.78 is 51.2. The van der Waals surface area contributed by atoms with E-state index in [2.05, 4.69) is 0 Å². The van der Waals surface area contributed by atoms with Gasteiger partial charge in [0.2, 0.25) is 0 Å². The van der Waals surface area contributed by atoms with Crippen LogP contribution in [0.2, 0.25) is 0 Å². The highest BCUT2D eigenvalue weighted by Crippen LogP contribution is 2.35. The van der Waals surface area contributed by atoms with Crippen LogP contribution in [0.4, 0.5) is 17.6 Å². The van der Waals surface area contributed by atoms with Crippen molar-refractivity contribution in [3.8, 4) is 6.07 Å². The maximum absolute atomic E-state index is 13.4. The lowest BCUT2D eigenvalue weighted by atomic mass is 10.2. The van der Waals surface area contributed by atoms with Crippen molar-refractivity contribution in [2.45, 2.75) is 16.0 Å². The van der Waals surface area contributed by atoms with Crippen LogP contribution in [0.25, 0.3) is 0 Å². The lowest BCUT2D eigenvalue weighted by Crippen LogP contribution is -2.04. The van der Waals surface area contributed by atoms with Gasteiger partial charge in [0, 0.05) is 9.79 Å². The second-order valence-electron chi connectivity index (χ2n) is 3.85. The first-order chi connectivity index (χ1) is 9.41. The summed E-state index contributed by atoms with van der Waals surface area (Å²) in [5.41, 5.74) is -0.952. The molecule has 0 fully saturated rings. The summed E-state index contributed by atoms with van der Waals surface area (Å²) in [5.74, 6) is -0.690. The zero-order chi connectivity index (χ0) is 14.8. The van der Waals surface area contributed by atoms with Gasteiger partial charge in [-0.15, -0.1) is 0 Å². The molecule has 0 saturated heterocycles. The smallest absolute Gasteiger partial charge is 0.206 e. The molecule has 20 heavy (non-hydrogen) atoms. The molecule has 0 bridgehead atoms. The molecule has 0 aliphatic rings. The Morgan fingerprint density at radius 2 is 1.75 bits per heavy atom. The Morgan fingerprint density at radius 3 is 2.40 bits per heavy atom. The SMILES string of the molecule is N#Cc1c(F)cccc1Sc1cccc(C(F)(F)F)c1. The lowest BCUT2D eigenvalue weighted by molar-refractivity contribution is -0.137. The van der Waals surface area contributed by atoms with Gasteiger partial charge in [0.05, 0.1) is 5.56 Å². The highest BCUT2D eigenvalue weighted by atomic mass is 32.2. The predicted octanol–water partition coefficient (Wildman–Crippen LogP) is 4.87. The molecule has 0 saturated carbocycles. The number of nitrogens with zero attached hydrogens (tertiary/aromatic N) is 1. The van der Waals surface area contributed by atoms with E-state index in [0.717, 1.165) is 30.0 Å². The first-order valence-electron chi connectivity index (χ1n) is 5.45. The summed E-state index contributed by atoms with van der Waals surface area (Å²) in [6, 6.07) is 10.4. The Hall–Kier alpha value is -2.00. The third-order valence-electron chi connectivity index (χ3n) is 2.48. The molecular formula is C14H7F4NS. The molecule has 0 radical (unpaired) electrons. The molecule has 0 N–H and O–H groups in total. The summed E-state index contributed by atoms with van der Waals surface area (Å²) in [6.07, 6.45) is -4.43. The van der Waals surface area contributed by atoms with Gasteiger partial charge < -0.3 is 0 Å². The van der Waals surface area contributed by atoms with Gasteiger partial charge in [0.25, 0.3) is 0 Å². The first kappa shape index (κ1) is 14.4. The molecule has 0 amide bonds. The van der Waals surface area contributed by atoms with Crippen LogP contribution in [0.5, 0.6) is 0 Å². The molecule has 6 heteroatoms. The molecule has 0 aliphatic carbocycles. The van der Waals surface area contributed by atoms with Crippen LogP contribution >= 0.6 is 11.8 Å². The molecule has 2 rings (SSSR count). The summed E-state index contributed by atoms with van der Waals surface area (Å²) >= 11 is 0.921. The number of hydrogen-bond donors (Lipinski definition) is 0. The highest BCUT2D eigenvalue weighted by molar-refractivity contribution is 7.99. The maximum Gasteiger partial charge on any atom is 0.416 e.